The number of piperidine rings is 1. The number of halogens is 1. The highest BCUT2D eigenvalue weighted by Gasteiger charge is 2.21. The third kappa shape index (κ3) is 4.26. The molecule has 1 atom stereocenters. The van der Waals surface area contributed by atoms with Gasteiger partial charge in [0.25, 0.3) is 11.5 Å². The number of ether oxygens (including phenoxy) is 2. The molecule has 7 nitrogen and oxygen atoms in total. The van der Waals surface area contributed by atoms with Crippen molar-refractivity contribution in [1.29, 1.82) is 0 Å². The molecule has 0 radical (unpaired) electrons. The highest BCUT2D eigenvalue weighted by molar-refractivity contribution is 6.34. The Morgan fingerprint density at radius 1 is 1.31 bits per heavy atom. The van der Waals surface area contributed by atoms with Gasteiger partial charge in [0.2, 0.25) is 0 Å². The second-order valence-corrected chi connectivity index (χ2v) is 7.88. The second kappa shape index (κ2) is 8.47. The number of hydrogen-bond donors (Lipinski definition) is 2. The quantitative estimate of drug-likeness (QED) is 0.799. The lowest BCUT2D eigenvalue weighted by molar-refractivity contribution is 0.102. The van der Waals surface area contributed by atoms with Crippen LogP contribution in [0.2, 0.25) is 5.02 Å². The maximum atomic E-state index is 13.0. The maximum Gasteiger partial charge on any atom is 0.263 e. The van der Waals surface area contributed by atoms with Crippen LogP contribution in [0.1, 0.15) is 28.8 Å². The Morgan fingerprint density at radius 2 is 2.07 bits per heavy atom. The van der Waals surface area contributed by atoms with E-state index in [-0.39, 0.29) is 11.1 Å². The van der Waals surface area contributed by atoms with Crippen molar-refractivity contribution in [3.8, 4) is 11.5 Å². The largest absolute Gasteiger partial charge is 0.486 e. The zero-order valence-corrected chi connectivity index (χ0v) is 17.1. The van der Waals surface area contributed by atoms with E-state index in [1.807, 2.05) is 0 Å². The number of rotatable bonds is 4. The minimum absolute atomic E-state index is 0.127. The van der Waals surface area contributed by atoms with E-state index in [1.165, 1.54) is 0 Å². The fraction of sp³-hybridized carbons (Fsp3) is 0.429. The summed E-state index contributed by atoms with van der Waals surface area (Å²) in [5.74, 6) is 0.955. The molecule has 1 fully saturated rings. The van der Waals surface area contributed by atoms with E-state index in [1.54, 1.807) is 35.9 Å². The topological polar surface area (TPSA) is 81.6 Å². The highest BCUT2D eigenvalue weighted by atomic mass is 35.5. The van der Waals surface area contributed by atoms with Crippen LogP contribution in [0.4, 0.5) is 5.69 Å². The number of amides is 1. The summed E-state index contributed by atoms with van der Waals surface area (Å²) in [5, 5.41) is 6.44. The molecule has 2 aliphatic rings. The summed E-state index contributed by atoms with van der Waals surface area (Å²) in [6.07, 6.45) is 3.93. The molecule has 8 heteroatoms. The zero-order chi connectivity index (χ0) is 20.4. The highest BCUT2D eigenvalue weighted by Crippen LogP contribution is 2.38. The lowest BCUT2D eigenvalue weighted by Gasteiger charge is -2.23. The van der Waals surface area contributed by atoms with Crippen molar-refractivity contribution in [2.75, 3.05) is 31.6 Å². The van der Waals surface area contributed by atoms with Crippen LogP contribution >= 0.6 is 11.6 Å². The van der Waals surface area contributed by atoms with Gasteiger partial charge >= 0.3 is 0 Å². The Balaban J connectivity index is 1.58. The number of nitrogens with one attached hydrogen (secondary N) is 2. The fourth-order valence-corrected chi connectivity index (χ4v) is 3.99. The molecule has 2 aromatic rings. The van der Waals surface area contributed by atoms with Crippen LogP contribution in [0.15, 0.2) is 29.2 Å². The summed E-state index contributed by atoms with van der Waals surface area (Å²) in [5.41, 5.74) is 0.842. The molecule has 1 aromatic heterocycles. The van der Waals surface area contributed by atoms with E-state index >= 15 is 0 Å². The van der Waals surface area contributed by atoms with Crippen LogP contribution in [-0.2, 0) is 6.54 Å². The summed E-state index contributed by atoms with van der Waals surface area (Å²) in [7, 11) is 0. The summed E-state index contributed by atoms with van der Waals surface area (Å²) in [6, 6.07) is 5.04. The van der Waals surface area contributed by atoms with Gasteiger partial charge in [-0.05, 0) is 50.4 Å². The standard InChI is InChI=1S/C21H24ClN3O4/c1-13-4-6-25(12-14-3-2-5-23-11-14)21(27)19(13)20(26)24-16-10-18-17(9-15(16)22)28-7-8-29-18/h4,6,9-10,14,23H,2-3,5,7-8,11-12H2,1H3,(H,24,26). The molecule has 0 bridgehead atoms. The van der Waals surface area contributed by atoms with Crippen molar-refractivity contribution in [3.63, 3.8) is 0 Å². The van der Waals surface area contributed by atoms with Gasteiger partial charge in [0.1, 0.15) is 18.8 Å². The molecule has 3 heterocycles. The van der Waals surface area contributed by atoms with Crippen LogP contribution in [-0.4, -0.2) is 36.8 Å². The summed E-state index contributed by atoms with van der Waals surface area (Å²) in [6.45, 7) is 5.14. The molecule has 2 aliphatic heterocycles. The van der Waals surface area contributed by atoms with Crippen LogP contribution in [0.3, 0.4) is 0 Å². The monoisotopic (exact) mass is 417 g/mol. The first-order chi connectivity index (χ1) is 14.0. The Kier molecular flexibility index (Phi) is 5.78. The van der Waals surface area contributed by atoms with Gasteiger partial charge in [0.15, 0.2) is 11.5 Å². The number of aryl methyl sites for hydroxylation is 1. The molecular formula is C21H24ClN3O4. The Morgan fingerprint density at radius 3 is 2.79 bits per heavy atom. The first-order valence-electron chi connectivity index (χ1n) is 9.84. The average Bonchev–Trinajstić information content (AvgIpc) is 2.71. The number of benzene rings is 1. The molecule has 154 valence electrons. The van der Waals surface area contributed by atoms with Gasteiger partial charge in [-0.2, -0.15) is 0 Å². The Hall–Kier alpha value is -2.51. The molecule has 1 amide bonds. The summed E-state index contributed by atoms with van der Waals surface area (Å²) >= 11 is 6.29. The number of pyridine rings is 1. The van der Waals surface area contributed by atoms with Crippen molar-refractivity contribution in [1.82, 2.24) is 9.88 Å². The lowest BCUT2D eigenvalue weighted by Crippen LogP contribution is -2.36. The van der Waals surface area contributed by atoms with Gasteiger partial charge in [-0.15, -0.1) is 0 Å². The number of aromatic nitrogens is 1. The molecule has 0 spiro atoms. The third-order valence-electron chi connectivity index (χ3n) is 5.33. The van der Waals surface area contributed by atoms with Crippen molar-refractivity contribution in [2.24, 2.45) is 5.92 Å². The number of nitrogens with zero attached hydrogens (tertiary/aromatic N) is 1. The van der Waals surface area contributed by atoms with E-state index < -0.39 is 5.91 Å². The van der Waals surface area contributed by atoms with E-state index in [4.69, 9.17) is 21.1 Å². The predicted molar refractivity (Wildman–Crippen MR) is 111 cm³/mol. The first-order valence-corrected chi connectivity index (χ1v) is 10.2. The third-order valence-corrected chi connectivity index (χ3v) is 5.65. The molecule has 1 aromatic carbocycles. The van der Waals surface area contributed by atoms with Crippen LogP contribution in [0, 0.1) is 12.8 Å². The Labute approximate surface area is 174 Å². The number of fused-ring (bicyclic) bond motifs is 1. The van der Waals surface area contributed by atoms with Crippen LogP contribution < -0.4 is 25.7 Å². The van der Waals surface area contributed by atoms with Crippen molar-refractivity contribution >= 4 is 23.2 Å². The molecular weight excluding hydrogens is 394 g/mol. The van der Waals surface area contributed by atoms with Gasteiger partial charge in [0, 0.05) is 24.9 Å². The number of carbonyl (C=O) groups is 1. The smallest absolute Gasteiger partial charge is 0.263 e. The maximum absolute atomic E-state index is 13.0. The van der Waals surface area contributed by atoms with Gasteiger partial charge in [-0.1, -0.05) is 11.6 Å². The molecule has 0 saturated carbocycles. The Bertz CT molecular complexity index is 983. The van der Waals surface area contributed by atoms with Crippen LogP contribution in [0.25, 0.3) is 0 Å². The lowest BCUT2D eigenvalue weighted by atomic mass is 9.99. The van der Waals surface area contributed by atoms with Crippen molar-refractivity contribution < 1.29 is 14.3 Å². The van der Waals surface area contributed by atoms with Gasteiger partial charge in [0.05, 0.1) is 10.7 Å². The number of carbonyl (C=O) groups excluding carboxylic acids is 1. The van der Waals surface area contributed by atoms with E-state index in [0.717, 1.165) is 25.9 Å². The van der Waals surface area contributed by atoms with Crippen LogP contribution in [0.5, 0.6) is 11.5 Å². The van der Waals surface area contributed by atoms with Gasteiger partial charge < -0.3 is 24.7 Å². The SMILES string of the molecule is Cc1ccn(CC2CCCNC2)c(=O)c1C(=O)Nc1cc2c(cc1Cl)OCCO2. The summed E-state index contributed by atoms with van der Waals surface area (Å²) < 4.78 is 12.7. The van der Waals surface area contributed by atoms with E-state index in [0.29, 0.717) is 53.4 Å². The normalized spacial score (nSPS) is 18.3. The fourth-order valence-electron chi connectivity index (χ4n) is 3.79. The molecule has 2 N–H and O–H groups in total. The average molecular weight is 418 g/mol. The minimum atomic E-state index is -0.484. The minimum Gasteiger partial charge on any atom is -0.486 e. The predicted octanol–water partition coefficient (Wildman–Crippen LogP) is 2.83. The molecule has 29 heavy (non-hydrogen) atoms. The number of anilines is 1. The zero-order valence-electron chi connectivity index (χ0n) is 16.3. The van der Waals surface area contributed by atoms with Gasteiger partial charge in [-0.3, -0.25) is 9.59 Å². The molecule has 4 rings (SSSR count). The second-order valence-electron chi connectivity index (χ2n) is 7.47. The molecule has 1 unspecified atom stereocenters. The molecule has 0 aliphatic carbocycles. The number of hydrogen-bond acceptors (Lipinski definition) is 5. The first kappa shape index (κ1) is 19.8. The van der Waals surface area contributed by atoms with Gasteiger partial charge in [-0.25, -0.2) is 0 Å². The van der Waals surface area contributed by atoms with Crippen molar-refractivity contribution in [3.05, 3.63) is 50.9 Å². The van der Waals surface area contributed by atoms with Crippen molar-refractivity contribution in [2.45, 2.75) is 26.3 Å². The van der Waals surface area contributed by atoms with E-state index in [9.17, 15) is 9.59 Å². The van der Waals surface area contributed by atoms with E-state index in [2.05, 4.69) is 10.6 Å². The molecule has 1 saturated heterocycles. The summed E-state index contributed by atoms with van der Waals surface area (Å²) in [4.78, 5) is 26.0.